The monoisotopic (exact) mass is 348 g/mol. The van der Waals surface area contributed by atoms with E-state index >= 15 is 0 Å². The minimum atomic E-state index is 0.0509. The molecule has 25 heavy (non-hydrogen) atoms. The predicted molar refractivity (Wildman–Crippen MR) is 104 cm³/mol. The fraction of sp³-hybridized carbons (Fsp3) is 0.727. The lowest BCUT2D eigenvalue weighted by atomic mass is 9.84. The van der Waals surface area contributed by atoms with Crippen LogP contribution in [-0.4, -0.2) is 24.8 Å². The molecule has 0 radical (unpaired) electrons. The summed E-state index contributed by atoms with van der Waals surface area (Å²) in [6.45, 7) is 9.26. The summed E-state index contributed by atoms with van der Waals surface area (Å²) in [5.41, 5.74) is 2.67. The van der Waals surface area contributed by atoms with Crippen LogP contribution in [0.25, 0.3) is 0 Å². The van der Waals surface area contributed by atoms with Crippen molar-refractivity contribution in [3.05, 3.63) is 22.3 Å². The van der Waals surface area contributed by atoms with Gasteiger partial charge in [0.25, 0.3) is 0 Å². The highest BCUT2D eigenvalue weighted by Gasteiger charge is 2.26. The summed E-state index contributed by atoms with van der Waals surface area (Å²) in [6, 6.07) is 0. The molecule has 0 bridgehead atoms. The molecule has 0 spiro atoms. The topological polar surface area (TPSA) is 43.4 Å². The summed E-state index contributed by atoms with van der Waals surface area (Å²) in [4.78, 5) is 24.5. The Bertz CT molecular complexity index is 511. The van der Waals surface area contributed by atoms with Gasteiger partial charge in [-0.3, -0.25) is 9.59 Å². The predicted octanol–water partition coefficient (Wildman–Crippen LogP) is 5.73. The van der Waals surface area contributed by atoms with Gasteiger partial charge in [-0.2, -0.15) is 0 Å². The summed E-state index contributed by atoms with van der Waals surface area (Å²) in [6.07, 6.45) is 11.5. The van der Waals surface area contributed by atoms with Gasteiger partial charge in [-0.15, -0.1) is 0 Å². The number of ketones is 2. The third-order valence-corrected chi connectivity index (χ3v) is 5.12. The highest BCUT2D eigenvalue weighted by Crippen LogP contribution is 2.27. The first-order valence-corrected chi connectivity index (χ1v) is 10.0. The average Bonchev–Trinajstić information content (AvgIpc) is 2.61. The van der Waals surface area contributed by atoms with Crippen molar-refractivity contribution in [2.24, 2.45) is 0 Å². The molecule has 0 aromatic rings. The van der Waals surface area contributed by atoms with Crippen molar-refractivity contribution in [2.75, 3.05) is 13.2 Å². The third kappa shape index (κ3) is 7.27. The van der Waals surface area contributed by atoms with Crippen LogP contribution in [0.2, 0.25) is 0 Å². The van der Waals surface area contributed by atoms with Crippen molar-refractivity contribution in [3.63, 3.8) is 0 Å². The van der Waals surface area contributed by atoms with Crippen LogP contribution in [0.5, 0.6) is 0 Å². The first-order chi connectivity index (χ1) is 12.0. The van der Waals surface area contributed by atoms with Crippen LogP contribution in [-0.2, 0) is 14.3 Å². The van der Waals surface area contributed by atoms with Gasteiger partial charge in [0.05, 0.1) is 0 Å². The Labute approximate surface area is 153 Å². The number of rotatable bonds is 13. The number of hydrogen-bond acceptors (Lipinski definition) is 3. The van der Waals surface area contributed by atoms with Gasteiger partial charge in [0.1, 0.15) is 0 Å². The molecule has 1 rings (SSSR count). The summed E-state index contributed by atoms with van der Waals surface area (Å²) in [5, 5.41) is 0. The van der Waals surface area contributed by atoms with Gasteiger partial charge < -0.3 is 4.74 Å². The molecule has 3 nitrogen and oxygen atoms in total. The van der Waals surface area contributed by atoms with E-state index in [9.17, 15) is 9.59 Å². The molecule has 0 fully saturated rings. The fourth-order valence-corrected chi connectivity index (χ4v) is 3.27. The second-order valence-corrected chi connectivity index (χ2v) is 7.20. The van der Waals surface area contributed by atoms with E-state index in [1.165, 1.54) is 38.5 Å². The quantitative estimate of drug-likeness (QED) is 0.315. The Kier molecular flexibility index (Phi) is 10.6. The summed E-state index contributed by atoms with van der Waals surface area (Å²) >= 11 is 0. The van der Waals surface area contributed by atoms with Crippen LogP contribution < -0.4 is 0 Å². The zero-order valence-electron chi connectivity index (χ0n) is 16.7. The number of carbonyl (C=O) groups excluding carboxylic acids is 2. The van der Waals surface area contributed by atoms with Crippen molar-refractivity contribution < 1.29 is 14.3 Å². The molecule has 0 aliphatic heterocycles. The van der Waals surface area contributed by atoms with Crippen molar-refractivity contribution in [1.29, 1.82) is 0 Å². The SMILES string of the molecule is CCCOCCCCCCCCCCC1=C(C)C(=O)C(C)=C(C)C1=O. The maximum atomic E-state index is 12.3. The van der Waals surface area contributed by atoms with Gasteiger partial charge in [0.2, 0.25) is 0 Å². The molecular weight excluding hydrogens is 312 g/mol. The molecule has 0 aromatic heterocycles. The normalized spacial score (nSPS) is 15.5. The molecule has 1 aliphatic rings. The van der Waals surface area contributed by atoms with E-state index in [0.717, 1.165) is 44.5 Å². The molecule has 0 N–H and O–H groups in total. The zero-order valence-corrected chi connectivity index (χ0v) is 16.7. The van der Waals surface area contributed by atoms with Crippen LogP contribution in [0.1, 0.15) is 91.9 Å². The Morgan fingerprint density at radius 2 is 1.16 bits per heavy atom. The van der Waals surface area contributed by atoms with E-state index in [1.807, 2.05) is 0 Å². The Morgan fingerprint density at radius 1 is 0.640 bits per heavy atom. The molecule has 0 unspecified atom stereocenters. The summed E-state index contributed by atoms with van der Waals surface area (Å²) < 4.78 is 5.48. The third-order valence-electron chi connectivity index (χ3n) is 5.12. The molecule has 1 aliphatic carbocycles. The number of carbonyl (C=O) groups is 2. The first kappa shape index (κ1) is 21.8. The van der Waals surface area contributed by atoms with Crippen LogP contribution in [0.15, 0.2) is 22.3 Å². The lowest BCUT2D eigenvalue weighted by Gasteiger charge is -2.18. The van der Waals surface area contributed by atoms with E-state index in [-0.39, 0.29) is 11.6 Å². The molecule has 0 saturated heterocycles. The van der Waals surface area contributed by atoms with E-state index in [0.29, 0.717) is 16.7 Å². The van der Waals surface area contributed by atoms with E-state index in [1.54, 1.807) is 20.8 Å². The Morgan fingerprint density at radius 3 is 1.76 bits per heavy atom. The maximum absolute atomic E-state index is 12.3. The largest absolute Gasteiger partial charge is 0.381 e. The van der Waals surface area contributed by atoms with Gasteiger partial charge in [0, 0.05) is 35.5 Å². The molecule has 142 valence electrons. The molecule has 0 saturated carbocycles. The number of unbranched alkanes of at least 4 members (excludes halogenated alkanes) is 7. The van der Waals surface area contributed by atoms with E-state index in [4.69, 9.17) is 4.74 Å². The Balaban J connectivity index is 2.10. The smallest absolute Gasteiger partial charge is 0.185 e. The average molecular weight is 349 g/mol. The molecule has 3 heteroatoms. The van der Waals surface area contributed by atoms with Crippen LogP contribution in [0.3, 0.4) is 0 Å². The second-order valence-electron chi connectivity index (χ2n) is 7.20. The lowest BCUT2D eigenvalue weighted by Crippen LogP contribution is -2.20. The van der Waals surface area contributed by atoms with Crippen LogP contribution in [0.4, 0.5) is 0 Å². The number of ether oxygens (including phenoxy) is 1. The molecule has 0 amide bonds. The highest BCUT2D eigenvalue weighted by atomic mass is 16.5. The molecule has 0 atom stereocenters. The maximum Gasteiger partial charge on any atom is 0.185 e. The highest BCUT2D eigenvalue weighted by molar-refractivity contribution is 6.24. The lowest BCUT2D eigenvalue weighted by molar-refractivity contribution is -0.116. The first-order valence-electron chi connectivity index (χ1n) is 10.0. The van der Waals surface area contributed by atoms with Gasteiger partial charge in [0.15, 0.2) is 11.6 Å². The van der Waals surface area contributed by atoms with E-state index < -0.39 is 0 Å². The van der Waals surface area contributed by atoms with Crippen molar-refractivity contribution in [3.8, 4) is 0 Å². The standard InChI is InChI=1S/C22H36O3/c1-5-15-25-16-13-11-9-7-6-8-10-12-14-20-19(4)21(23)17(2)18(3)22(20)24/h5-16H2,1-4H3. The van der Waals surface area contributed by atoms with Gasteiger partial charge >= 0.3 is 0 Å². The van der Waals surface area contributed by atoms with Gasteiger partial charge in [-0.05, 0) is 46.5 Å². The number of Topliss-reactive ketones (excluding diaryl/α,β-unsaturated/α-hetero) is 2. The zero-order chi connectivity index (χ0) is 18.7. The minimum absolute atomic E-state index is 0.0509. The molecule has 0 aromatic carbocycles. The van der Waals surface area contributed by atoms with Gasteiger partial charge in [-0.25, -0.2) is 0 Å². The van der Waals surface area contributed by atoms with Crippen molar-refractivity contribution in [1.82, 2.24) is 0 Å². The number of allylic oxidation sites excluding steroid dienone is 4. The van der Waals surface area contributed by atoms with E-state index in [2.05, 4.69) is 6.92 Å². The van der Waals surface area contributed by atoms with Crippen LogP contribution in [0, 0.1) is 0 Å². The second kappa shape index (κ2) is 12.2. The summed E-state index contributed by atoms with van der Waals surface area (Å²) in [5.74, 6) is 0.134. The Hall–Kier alpha value is -1.22. The van der Waals surface area contributed by atoms with Gasteiger partial charge in [-0.1, -0.05) is 45.4 Å². The summed E-state index contributed by atoms with van der Waals surface area (Å²) in [7, 11) is 0. The molecule has 0 heterocycles. The minimum Gasteiger partial charge on any atom is -0.381 e. The molecular formula is C22H36O3. The fourth-order valence-electron chi connectivity index (χ4n) is 3.27. The van der Waals surface area contributed by atoms with Crippen molar-refractivity contribution in [2.45, 2.75) is 91.9 Å². The van der Waals surface area contributed by atoms with Crippen LogP contribution >= 0.6 is 0 Å². The number of hydrogen-bond donors (Lipinski definition) is 0. The van der Waals surface area contributed by atoms with Crippen molar-refractivity contribution >= 4 is 11.6 Å².